The Balaban J connectivity index is 0.00000301. The normalized spacial score (nSPS) is 11.2. The number of hydrogen-bond acceptors (Lipinski definition) is 6. The Morgan fingerprint density at radius 2 is 1.62 bits per heavy atom. The van der Waals surface area contributed by atoms with Crippen LogP contribution in [-0.4, -0.2) is 32.6 Å². The van der Waals surface area contributed by atoms with Crippen molar-refractivity contribution in [2.75, 3.05) is 20.8 Å². The second-order valence-corrected chi connectivity index (χ2v) is 6.10. The van der Waals surface area contributed by atoms with Gasteiger partial charge in [0.2, 0.25) is 0 Å². The third kappa shape index (κ3) is 7.12. The van der Waals surface area contributed by atoms with Crippen LogP contribution in [0.15, 0.2) is 18.2 Å². The summed E-state index contributed by atoms with van der Waals surface area (Å²) < 4.78 is 24.0. The standard InChI is InChI=1S/C19H28O5.H2OP/c1-6-7-11-24-19(21)14(12-13(2)3)18(20)17-15(22-4)9-8-10-16(17)23-5;1-2/h8-10,13-14H,6-7,11-12H2,1-5H3;2H2/q;+1. The first-order valence-electron chi connectivity index (χ1n) is 8.61. The van der Waals surface area contributed by atoms with Crippen LogP contribution >= 0.6 is 9.12 Å². The van der Waals surface area contributed by atoms with E-state index >= 15 is 0 Å². The highest BCUT2D eigenvalue weighted by Gasteiger charge is 2.33. The van der Waals surface area contributed by atoms with Gasteiger partial charge in [0.15, 0.2) is 5.78 Å². The summed E-state index contributed by atoms with van der Waals surface area (Å²) in [5.41, 5.74) is 0.292. The Labute approximate surface area is 157 Å². The second-order valence-electron chi connectivity index (χ2n) is 6.10. The lowest BCUT2D eigenvalue weighted by atomic mass is 9.89. The van der Waals surface area contributed by atoms with Crippen molar-refractivity contribution in [2.45, 2.75) is 40.0 Å². The third-order valence-corrected chi connectivity index (χ3v) is 3.72. The van der Waals surface area contributed by atoms with Crippen molar-refractivity contribution >= 4 is 20.9 Å². The van der Waals surface area contributed by atoms with E-state index in [2.05, 4.69) is 0 Å². The zero-order valence-electron chi connectivity index (χ0n) is 16.2. The van der Waals surface area contributed by atoms with E-state index in [4.69, 9.17) is 18.8 Å². The molecule has 0 aliphatic carbocycles. The summed E-state index contributed by atoms with van der Waals surface area (Å²) in [5, 5.41) is 0. The number of rotatable bonds is 10. The summed E-state index contributed by atoms with van der Waals surface area (Å²) in [4.78, 5) is 25.5. The van der Waals surface area contributed by atoms with E-state index in [0.29, 0.717) is 30.1 Å². The molecule has 0 aliphatic rings. The van der Waals surface area contributed by atoms with E-state index in [-0.39, 0.29) is 11.7 Å². The van der Waals surface area contributed by atoms with Crippen molar-refractivity contribution in [3.8, 4) is 11.5 Å². The predicted molar refractivity (Wildman–Crippen MR) is 103 cm³/mol. The van der Waals surface area contributed by atoms with Crippen molar-refractivity contribution < 1.29 is 28.4 Å². The van der Waals surface area contributed by atoms with E-state index < -0.39 is 11.9 Å². The molecule has 0 aliphatic heterocycles. The topological polar surface area (TPSA) is 78.9 Å². The molecule has 0 N–H and O–H groups in total. The molecule has 2 atom stereocenters. The molecular formula is C19H30O6P+. The zero-order chi connectivity index (χ0) is 20.1. The van der Waals surface area contributed by atoms with Crippen LogP contribution in [-0.2, 0) is 14.1 Å². The fourth-order valence-corrected chi connectivity index (χ4v) is 2.47. The van der Waals surface area contributed by atoms with Gasteiger partial charge in [-0.2, -0.15) is 0 Å². The molecule has 7 heteroatoms. The van der Waals surface area contributed by atoms with Gasteiger partial charge in [0.25, 0.3) is 0 Å². The van der Waals surface area contributed by atoms with Crippen molar-refractivity contribution in [1.29, 1.82) is 0 Å². The maximum absolute atomic E-state index is 13.1. The Bertz CT molecular complexity index is 551. The summed E-state index contributed by atoms with van der Waals surface area (Å²) in [6, 6.07) is 5.11. The minimum Gasteiger partial charge on any atom is -0.496 e. The molecule has 0 fully saturated rings. The number of unbranched alkanes of at least 4 members (excludes halogenated alkanes) is 1. The van der Waals surface area contributed by atoms with Crippen molar-refractivity contribution in [2.24, 2.45) is 11.8 Å². The van der Waals surface area contributed by atoms with E-state index in [0.717, 1.165) is 12.8 Å². The Kier molecular flexibility index (Phi) is 12.3. The van der Waals surface area contributed by atoms with Crippen molar-refractivity contribution in [3.63, 3.8) is 0 Å². The zero-order valence-corrected chi connectivity index (χ0v) is 17.4. The molecule has 26 heavy (non-hydrogen) atoms. The van der Waals surface area contributed by atoms with Gasteiger partial charge in [-0.05, 0) is 30.9 Å². The molecule has 0 amide bonds. The number of hydrogen-bond donors (Lipinski definition) is 0. The molecule has 1 aromatic rings. The number of ether oxygens (including phenoxy) is 3. The molecular weight excluding hydrogens is 355 g/mol. The second kappa shape index (κ2) is 13.3. The molecule has 0 bridgehead atoms. The van der Waals surface area contributed by atoms with Crippen LogP contribution in [0.25, 0.3) is 0 Å². The molecule has 0 spiro atoms. The van der Waals surface area contributed by atoms with Gasteiger partial charge >= 0.3 is 15.1 Å². The number of methoxy groups -OCH3 is 2. The average molecular weight is 385 g/mol. The lowest BCUT2D eigenvalue weighted by Gasteiger charge is -2.19. The first-order chi connectivity index (χ1) is 12.5. The minimum absolute atomic E-state index is 0.179. The summed E-state index contributed by atoms with van der Waals surface area (Å²) in [7, 11) is 4.14. The maximum Gasteiger partial charge on any atom is 0.316 e. The van der Waals surface area contributed by atoms with Gasteiger partial charge < -0.3 is 14.2 Å². The van der Waals surface area contributed by atoms with E-state index in [1.54, 1.807) is 18.2 Å². The molecule has 0 saturated heterocycles. The molecule has 2 unspecified atom stereocenters. The lowest BCUT2D eigenvalue weighted by molar-refractivity contribution is -0.147. The van der Waals surface area contributed by atoms with Gasteiger partial charge in [-0.25, -0.2) is 0 Å². The third-order valence-electron chi connectivity index (χ3n) is 3.72. The Morgan fingerprint density at radius 1 is 1.08 bits per heavy atom. The SMILES string of the molecule is CCCCOC(=O)C(CC(C)C)C(=O)c1c(OC)cccc1OC.O=[PH2+]. The molecule has 6 nitrogen and oxygen atoms in total. The lowest BCUT2D eigenvalue weighted by Crippen LogP contribution is -2.28. The van der Waals surface area contributed by atoms with Gasteiger partial charge in [-0.3, -0.25) is 9.59 Å². The van der Waals surface area contributed by atoms with Crippen LogP contribution in [0.4, 0.5) is 0 Å². The fourth-order valence-electron chi connectivity index (χ4n) is 2.47. The van der Waals surface area contributed by atoms with Gasteiger partial charge in [0.05, 0.1) is 20.8 Å². The van der Waals surface area contributed by atoms with Gasteiger partial charge in [-0.15, -0.1) is 0 Å². The van der Waals surface area contributed by atoms with Crippen LogP contribution < -0.4 is 9.47 Å². The van der Waals surface area contributed by atoms with Crippen molar-refractivity contribution in [3.05, 3.63) is 23.8 Å². The molecule has 146 valence electrons. The highest BCUT2D eigenvalue weighted by atomic mass is 31.0. The van der Waals surface area contributed by atoms with Crippen LogP contribution in [0, 0.1) is 11.8 Å². The summed E-state index contributed by atoms with van der Waals surface area (Å²) in [6.07, 6.45) is 2.13. The first-order valence-corrected chi connectivity index (χ1v) is 9.08. The molecule has 1 aromatic carbocycles. The van der Waals surface area contributed by atoms with Crippen LogP contribution in [0.3, 0.4) is 0 Å². The average Bonchev–Trinajstić information content (AvgIpc) is 2.66. The number of Topliss-reactive ketones (excluding diaryl/α,β-unsaturated/α-hetero) is 1. The van der Waals surface area contributed by atoms with Gasteiger partial charge in [0, 0.05) is 0 Å². The summed E-state index contributed by atoms with van der Waals surface area (Å²) >= 11 is 0. The summed E-state index contributed by atoms with van der Waals surface area (Å²) in [6.45, 7) is 6.29. The van der Waals surface area contributed by atoms with Crippen LogP contribution in [0.1, 0.15) is 50.4 Å². The Morgan fingerprint density at radius 3 is 2.04 bits per heavy atom. The monoisotopic (exact) mass is 385 g/mol. The van der Waals surface area contributed by atoms with Gasteiger partial charge in [-0.1, -0.05) is 37.8 Å². The van der Waals surface area contributed by atoms with Crippen LogP contribution in [0.5, 0.6) is 11.5 Å². The molecule has 0 saturated carbocycles. The first kappa shape index (κ1) is 24.1. The van der Waals surface area contributed by atoms with Gasteiger partial charge in [0.1, 0.15) is 23.0 Å². The molecule has 1 rings (SSSR count). The highest BCUT2D eigenvalue weighted by Crippen LogP contribution is 2.32. The summed E-state index contributed by atoms with van der Waals surface area (Å²) in [5.74, 6) is -0.677. The molecule has 0 aromatic heterocycles. The van der Waals surface area contributed by atoms with E-state index in [1.807, 2.05) is 20.8 Å². The van der Waals surface area contributed by atoms with Crippen molar-refractivity contribution in [1.82, 2.24) is 0 Å². The molecule has 0 radical (unpaired) electrons. The molecule has 0 heterocycles. The fraction of sp³-hybridized carbons (Fsp3) is 0.579. The smallest absolute Gasteiger partial charge is 0.316 e. The largest absolute Gasteiger partial charge is 0.496 e. The van der Waals surface area contributed by atoms with E-state index in [1.165, 1.54) is 23.3 Å². The predicted octanol–water partition coefficient (Wildman–Crippen LogP) is 4.10. The number of ketones is 1. The maximum atomic E-state index is 13.1. The Hall–Kier alpha value is -1.94. The number of carbonyl (C=O) groups excluding carboxylic acids is 2. The van der Waals surface area contributed by atoms with E-state index in [9.17, 15) is 9.59 Å². The number of esters is 1. The highest BCUT2D eigenvalue weighted by molar-refractivity contribution is 7.00. The minimum atomic E-state index is -0.855. The quantitative estimate of drug-likeness (QED) is 0.198. The van der Waals surface area contributed by atoms with Crippen LogP contribution in [0.2, 0.25) is 0 Å². The number of carbonyl (C=O) groups is 2. The number of benzene rings is 1.